The summed E-state index contributed by atoms with van der Waals surface area (Å²) in [5.41, 5.74) is 0. The summed E-state index contributed by atoms with van der Waals surface area (Å²) in [6.07, 6.45) is 58.4. The van der Waals surface area contributed by atoms with Crippen molar-refractivity contribution in [3.63, 3.8) is 0 Å². The fraction of sp³-hybridized carbons (Fsp3) is 0.931. The number of hydrogen-bond acceptors (Lipinski definition) is 8. The van der Waals surface area contributed by atoms with E-state index in [9.17, 15) is 19.0 Å². The normalized spacial score (nSPS) is 13.3. The van der Waals surface area contributed by atoms with Crippen LogP contribution in [0.3, 0.4) is 0 Å². The van der Waals surface area contributed by atoms with E-state index in [2.05, 4.69) is 26.0 Å². The molecule has 0 aromatic carbocycles. The zero-order chi connectivity index (χ0) is 49.9. The molecule has 0 N–H and O–H groups in total. The van der Waals surface area contributed by atoms with Crippen molar-refractivity contribution in [1.82, 2.24) is 0 Å². The third-order valence-electron chi connectivity index (χ3n) is 13.3. The van der Waals surface area contributed by atoms with Gasteiger partial charge in [0.25, 0.3) is 7.82 Å². The summed E-state index contributed by atoms with van der Waals surface area (Å²) < 4.78 is 34.1. The SMILES string of the molecule is CCCCCCCCCCCCCCCCCCCC/C=C/CCCC(=O)O[C@H](COC(=O)CCCCCCCCCCCCCCCCCCCCCCC)COP(=O)([O-])OCC[N+](C)(C)C. The Labute approximate surface area is 422 Å². The van der Waals surface area contributed by atoms with E-state index in [0.29, 0.717) is 17.4 Å². The number of carbonyl (C=O) groups is 2. The molecule has 0 heterocycles. The number of likely N-dealkylation sites (N-methyl/N-ethyl adjacent to an activating group) is 1. The molecule has 0 spiro atoms. The number of rotatable bonds is 55. The van der Waals surface area contributed by atoms with Crippen molar-refractivity contribution in [3.05, 3.63) is 12.2 Å². The smallest absolute Gasteiger partial charge is 0.306 e. The maximum atomic E-state index is 12.8. The van der Waals surface area contributed by atoms with Gasteiger partial charge < -0.3 is 27.9 Å². The number of nitrogens with zero attached hydrogens (tertiary/aromatic N) is 1. The summed E-state index contributed by atoms with van der Waals surface area (Å²) in [7, 11) is 1.17. The highest BCUT2D eigenvalue weighted by Gasteiger charge is 2.21. The molecule has 9 nitrogen and oxygen atoms in total. The molecule has 0 aliphatic rings. The van der Waals surface area contributed by atoms with Crippen molar-refractivity contribution in [3.8, 4) is 0 Å². The van der Waals surface area contributed by atoms with Crippen LogP contribution in [0.1, 0.15) is 296 Å². The lowest BCUT2D eigenvalue weighted by molar-refractivity contribution is -0.870. The van der Waals surface area contributed by atoms with Gasteiger partial charge in [0.2, 0.25) is 0 Å². The third kappa shape index (κ3) is 54.1. The van der Waals surface area contributed by atoms with Crippen LogP contribution in [0, 0.1) is 0 Å². The first-order chi connectivity index (χ1) is 33.0. The molecule has 0 aliphatic heterocycles. The molecule has 2 atom stereocenters. The molecule has 0 rings (SSSR count). The number of quaternary nitrogens is 1. The molecule has 0 bridgehead atoms. The molecule has 10 heteroatoms. The Morgan fingerprint density at radius 1 is 0.441 bits per heavy atom. The summed E-state index contributed by atoms with van der Waals surface area (Å²) in [5.74, 6) is -0.851. The Bertz CT molecular complexity index is 1160. The lowest BCUT2D eigenvalue weighted by atomic mass is 10.0. The molecule has 0 saturated heterocycles. The van der Waals surface area contributed by atoms with E-state index >= 15 is 0 Å². The first kappa shape index (κ1) is 66.8. The Balaban J connectivity index is 4.15. The van der Waals surface area contributed by atoms with Gasteiger partial charge in [-0.1, -0.05) is 264 Å². The number of hydrogen-bond donors (Lipinski definition) is 0. The molecule has 0 saturated carbocycles. The second kappa shape index (κ2) is 50.7. The summed E-state index contributed by atoms with van der Waals surface area (Å²) in [5, 5.41) is 0. The van der Waals surface area contributed by atoms with Gasteiger partial charge in [0.15, 0.2) is 6.10 Å². The zero-order valence-corrected chi connectivity index (χ0v) is 46.7. The standard InChI is InChI=1S/C58H114NO8P/c1-6-8-10-12-14-16-18-20-22-24-26-28-29-31-33-35-37-39-41-43-45-47-49-51-58(61)67-56(55-66-68(62,63)65-53-52-59(3,4)5)54-64-57(60)50-48-46-44-42-40-38-36-34-32-30-27-25-23-21-19-17-15-13-11-9-7-2/h43,45,56H,6-42,44,46-55H2,1-5H3/b45-43+/t56-/m1/s1. The number of phosphoric ester groups is 1. The van der Waals surface area contributed by atoms with Crippen molar-refractivity contribution >= 4 is 19.8 Å². The van der Waals surface area contributed by atoms with Crippen LogP contribution in [0.15, 0.2) is 12.2 Å². The molecule has 404 valence electrons. The summed E-state index contributed by atoms with van der Waals surface area (Å²) >= 11 is 0. The van der Waals surface area contributed by atoms with E-state index in [1.807, 2.05) is 21.1 Å². The minimum absolute atomic E-state index is 0.0315. The number of phosphoric acid groups is 1. The fourth-order valence-corrected chi connectivity index (χ4v) is 9.45. The lowest BCUT2D eigenvalue weighted by Gasteiger charge is -2.28. The number of ether oxygens (including phenoxy) is 2. The monoisotopic (exact) mass is 984 g/mol. The maximum Gasteiger partial charge on any atom is 0.306 e. The molecule has 68 heavy (non-hydrogen) atoms. The van der Waals surface area contributed by atoms with E-state index in [4.69, 9.17) is 18.5 Å². The van der Waals surface area contributed by atoms with Gasteiger partial charge >= 0.3 is 11.9 Å². The van der Waals surface area contributed by atoms with Gasteiger partial charge in [-0.3, -0.25) is 14.2 Å². The second-order valence-electron chi connectivity index (χ2n) is 21.4. The van der Waals surface area contributed by atoms with Crippen LogP contribution in [0.5, 0.6) is 0 Å². The molecule has 0 aromatic rings. The van der Waals surface area contributed by atoms with Crippen LogP contribution >= 0.6 is 7.82 Å². The van der Waals surface area contributed by atoms with E-state index in [1.165, 1.54) is 231 Å². The number of carbonyl (C=O) groups excluding carboxylic acids is 2. The molecule has 0 radical (unpaired) electrons. The summed E-state index contributed by atoms with van der Waals surface area (Å²) in [6, 6.07) is 0. The number of allylic oxidation sites excluding steroid dienone is 2. The average molecular weight is 985 g/mol. The summed E-state index contributed by atoms with van der Waals surface area (Å²) in [6.45, 7) is 4.28. The van der Waals surface area contributed by atoms with Gasteiger partial charge in [0.05, 0.1) is 27.7 Å². The lowest BCUT2D eigenvalue weighted by Crippen LogP contribution is -2.37. The van der Waals surface area contributed by atoms with E-state index < -0.39 is 26.5 Å². The molecule has 0 amide bonds. The Morgan fingerprint density at radius 3 is 1.13 bits per heavy atom. The van der Waals surface area contributed by atoms with E-state index in [0.717, 1.165) is 32.1 Å². The molecular formula is C58H114NO8P. The highest BCUT2D eigenvalue weighted by atomic mass is 31.2. The van der Waals surface area contributed by atoms with Gasteiger partial charge in [-0.15, -0.1) is 0 Å². The minimum Gasteiger partial charge on any atom is -0.756 e. The van der Waals surface area contributed by atoms with Gasteiger partial charge in [-0.05, 0) is 32.1 Å². The van der Waals surface area contributed by atoms with Crippen LogP contribution < -0.4 is 4.89 Å². The van der Waals surface area contributed by atoms with Crippen LogP contribution in [0.25, 0.3) is 0 Å². The molecule has 0 aliphatic carbocycles. The predicted molar refractivity (Wildman–Crippen MR) is 287 cm³/mol. The van der Waals surface area contributed by atoms with Crippen LogP contribution in [0.2, 0.25) is 0 Å². The highest BCUT2D eigenvalue weighted by Crippen LogP contribution is 2.38. The molecule has 0 aromatic heterocycles. The third-order valence-corrected chi connectivity index (χ3v) is 14.2. The maximum absolute atomic E-state index is 12.8. The average Bonchev–Trinajstić information content (AvgIpc) is 3.30. The van der Waals surface area contributed by atoms with Crippen molar-refractivity contribution in [1.29, 1.82) is 0 Å². The van der Waals surface area contributed by atoms with Gasteiger partial charge in [0.1, 0.15) is 19.8 Å². The van der Waals surface area contributed by atoms with Crippen LogP contribution in [0.4, 0.5) is 0 Å². The number of unbranched alkanes of at least 4 members (excludes halogenated alkanes) is 39. The van der Waals surface area contributed by atoms with Gasteiger partial charge in [-0.2, -0.15) is 0 Å². The molecule has 1 unspecified atom stereocenters. The van der Waals surface area contributed by atoms with Gasteiger partial charge in [0, 0.05) is 12.8 Å². The van der Waals surface area contributed by atoms with Crippen molar-refractivity contribution < 1.29 is 42.1 Å². The summed E-state index contributed by atoms with van der Waals surface area (Å²) in [4.78, 5) is 37.8. The largest absolute Gasteiger partial charge is 0.756 e. The Hall–Kier alpha value is -1.25. The van der Waals surface area contributed by atoms with Crippen molar-refractivity contribution in [2.75, 3.05) is 47.5 Å². The zero-order valence-electron chi connectivity index (χ0n) is 45.8. The van der Waals surface area contributed by atoms with Crippen LogP contribution in [-0.4, -0.2) is 70.0 Å². The first-order valence-corrected chi connectivity index (χ1v) is 30.9. The predicted octanol–water partition coefficient (Wildman–Crippen LogP) is 17.4. The van der Waals surface area contributed by atoms with Gasteiger partial charge in [-0.25, -0.2) is 0 Å². The molecular weight excluding hydrogens is 870 g/mol. The Morgan fingerprint density at radius 2 is 0.765 bits per heavy atom. The van der Waals surface area contributed by atoms with Crippen LogP contribution in [-0.2, 0) is 32.7 Å². The van der Waals surface area contributed by atoms with Crippen molar-refractivity contribution in [2.24, 2.45) is 0 Å². The first-order valence-electron chi connectivity index (χ1n) is 29.4. The van der Waals surface area contributed by atoms with E-state index in [-0.39, 0.29) is 32.0 Å². The molecule has 0 fully saturated rings. The second-order valence-corrected chi connectivity index (χ2v) is 22.8. The fourth-order valence-electron chi connectivity index (χ4n) is 8.72. The minimum atomic E-state index is -4.64. The number of esters is 2. The van der Waals surface area contributed by atoms with E-state index in [1.54, 1.807) is 0 Å². The highest BCUT2D eigenvalue weighted by molar-refractivity contribution is 7.45. The van der Waals surface area contributed by atoms with Crippen molar-refractivity contribution in [2.45, 2.75) is 302 Å². The quantitative estimate of drug-likeness (QED) is 0.0195. The Kier molecular flexibility index (Phi) is 49.8. The topological polar surface area (TPSA) is 111 Å².